The van der Waals surface area contributed by atoms with Crippen LogP contribution in [-0.4, -0.2) is 44.3 Å². The summed E-state index contributed by atoms with van der Waals surface area (Å²) in [6, 6.07) is 30.6. The Bertz CT molecular complexity index is 1640. The topological polar surface area (TPSA) is 96.0 Å². The second-order valence-electron chi connectivity index (χ2n) is 11.1. The molecule has 0 spiro atoms. The fourth-order valence-electron chi connectivity index (χ4n) is 4.60. The van der Waals surface area contributed by atoms with E-state index in [1.165, 1.54) is 17.0 Å². The summed E-state index contributed by atoms with van der Waals surface area (Å²) in [5.74, 6) is 0.565. The van der Waals surface area contributed by atoms with Crippen LogP contribution in [0.1, 0.15) is 31.9 Å². The molecular weight excluding hydrogens is 574 g/mol. The van der Waals surface area contributed by atoms with Crippen molar-refractivity contribution in [2.45, 2.75) is 45.2 Å². The monoisotopic (exact) mass is 613 g/mol. The number of hydrogen-bond donors (Lipinski definition) is 1. The first kappa shape index (κ1) is 32.3. The first-order chi connectivity index (χ1) is 21.0. The second kappa shape index (κ2) is 14.7. The maximum absolute atomic E-state index is 14.1. The van der Waals surface area contributed by atoms with Crippen LogP contribution in [0.25, 0.3) is 0 Å². The van der Waals surface area contributed by atoms with E-state index in [2.05, 4.69) is 5.32 Å². The average Bonchev–Trinajstić information content (AvgIpc) is 3.02. The van der Waals surface area contributed by atoms with Gasteiger partial charge in [-0.25, -0.2) is 8.42 Å². The second-order valence-corrected chi connectivity index (χ2v) is 12.9. The van der Waals surface area contributed by atoms with Crippen molar-refractivity contribution in [1.82, 2.24) is 10.2 Å². The summed E-state index contributed by atoms with van der Waals surface area (Å²) in [4.78, 5) is 28.7. The SMILES string of the molecule is Cc1cccc(CN(C(=O)CN(c2ccc(Oc3ccccc3)cc2)S(=O)(=O)c2ccccc2)[C@H](C)C(=O)NCC(C)C)c1. The molecule has 0 heterocycles. The van der Waals surface area contributed by atoms with Gasteiger partial charge in [-0.2, -0.15) is 0 Å². The van der Waals surface area contributed by atoms with Crippen molar-refractivity contribution in [3.63, 3.8) is 0 Å². The van der Waals surface area contributed by atoms with Crippen molar-refractivity contribution in [3.8, 4) is 11.5 Å². The third-order valence-electron chi connectivity index (χ3n) is 7.00. The molecule has 0 unspecified atom stereocenters. The fourth-order valence-corrected chi connectivity index (χ4v) is 6.03. The number of benzene rings is 4. The van der Waals surface area contributed by atoms with E-state index in [1.807, 2.05) is 75.4 Å². The summed E-state index contributed by atoms with van der Waals surface area (Å²) in [5.41, 5.74) is 2.13. The predicted molar refractivity (Wildman–Crippen MR) is 173 cm³/mol. The smallest absolute Gasteiger partial charge is 0.264 e. The number of anilines is 1. The van der Waals surface area contributed by atoms with E-state index in [4.69, 9.17) is 4.74 Å². The van der Waals surface area contributed by atoms with Gasteiger partial charge in [0.25, 0.3) is 10.0 Å². The highest BCUT2D eigenvalue weighted by atomic mass is 32.2. The van der Waals surface area contributed by atoms with E-state index in [1.54, 1.807) is 49.4 Å². The number of carbonyl (C=O) groups is 2. The lowest BCUT2D eigenvalue weighted by Gasteiger charge is -2.32. The number of sulfonamides is 1. The molecule has 1 N–H and O–H groups in total. The van der Waals surface area contributed by atoms with E-state index >= 15 is 0 Å². The molecule has 4 rings (SSSR count). The van der Waals surface area contributed by atoms with Crippen LogP contribution >= 0.6 is 0 Å². The lowest BCUT2D eigenvalue weighted by atomic mass is 10.1. The third-order valence-corrected chi connectivity index (χ3v) is 8.79. The number of carbonyl (C=O) groups excluding carboxylic acids is 2. The highest BCUT2D eigenvalue weighted by molar-refractivity contribution is 7.92. The molecule has 0 bridgehead atoms. The van der Waals surface area contributed by atoms with Crippen molar-refractivity contribution >= 4 is 27.5 Å². The Morgan fingerprint density at radius 3 is 2.02 bits per heavy atom. The molecule has 4 aromatic carbocycles. The number of rotatable bonds is 13. The molecule has 0 radical (unpaired) electrons. The molecule has 230 valence electrons. The van der Waals surface area contributed by atoms with Gasteiger partial charge in [0.05, 0.1) is 10.6 Å². The molecule has 0 aliphatic rings. The van der Waals surface area contributed by atoms with E-state index in [0.717, 1.165) is 15.4 Å². The fraction of sp³-hybridized carbons (Fsp3) is 0.257. The summed E-state index contributed by atoms with van der Waals surface area (Å²) in [6.45, 7) is 7.68. The maximum Gasteiger partial charge on any atom is 0.264 e. The molecule has 0 aliphatic carbocycles. The zero-order valence-corrected chi connectivity index (χ0v) is 26.3. The van der Waals surface area contributed by atoms with E-state index in [0.29, 0.717) is 18.0 Å². The quantitative estimate of drug-likeness (QED) is 0.195. The molecule has 0 saturated carbocycles. The predicted octanol–water partition coefficient (Wildman–Crippen LogP) is 6.17. The van der Waals surface area contributed by atoms with Crippen LogP contribution in [0.2, 0.25) is 0 Å². The highest BCUT2D eigenvalue weighted by Crippen LogP contribution is 2.28. The van der Waals surface area contributed by atoms with Crippen LogP contribution < -0.4 is 14.4 Å². The van der Waals surface area contributed by atoms with Crippen molar-refractivity contribution in [1.29, 1.82) is 0 Å². The Morgan fingerprint density at radius 2 is 1.41 bits per heavy atom. The van der Waals surface area contributed by atoms with Crippen LogP contribution in [0, 0.1) is 12.8 Å². The zero-order valence-electron chi connectivity index (χ0n) is 25.5. The third kappa shape index (κ3) is 8.48. The molecule has 8 nitrogen and oxygen atoms in total. The maximum atomic E-state index is 14.1. The average molecular weight is 614 g/mol. The summed E-state index contributed by atoms with van der Waals surface area (Å²) < 4.78 is 35.0. The van der Waals surface area contributed by atoms with Gasteiger partial charge in [0.1, 0.15) is 24.1 Å². The number of amides is 2. The minimum atomic E-state index is -4.16. The van der Waals surface area contributed by atoms with E-state index < -0.39 is 28.5 Å². The van der Waals surface area contributed by atoms with E-state index in [9.17, 15) is 18.0 Å². The molecule has 44 heavy (non-hydrogen) atoms. The molecule has 0 aromatic heterocycles. The lowest BCUT2D eigenvalue weighted by Crippen LogP contribution is -2.51. The van der Waals surface area contributed by atoms with Crippen LogP contribution in [-0.2, 0) is 26.2 Å². The van der Waals surface area contributed by atoms with Gasteiger partial charge < -0.3 is 15.0 Å². The number of aryl methyl sites for hydroxylation is 1. The van der Waals surface area contributed by atoms with Crippen molar-refractivity contribution in [2.24, 2.45) is 5.92 Å². The molecule has 4 aromatic rings. The Hall–Kier alpha value is -4.63. The molecule has 0 fully saturated rings. The van der Waals surface area contributed by atoms with Gasteiger partial charge in [0, 0.05) is 13.1 Å². The van der Waals surface area contributed by atoms with Crippen LogP contribution in [0.4, 0.5) is 5.69 Å². The minimum Gasteiger partial charge on any atom is -0.457 e. The number of ether oxygens (including phenoxy) is 1. The highest BCUT2D eigenvalue weighted by Gasteiger charge is 2.32. The molecule has 0 aliphatic heterocycles. The van der Waals surface area contributed by atoms with Crippen LogP contribution in [0.3, 0.4) is 0 Å². The largest absolute Gasteiger partial charge is 0.457 e. The van der Waals surface area contributed by atoms with Crippen molar-refractivity contribution in [2.75, 3.05) is 17.4 Å². The van der Waals surface area contributed by atoms with Gasteiger partial charge >= 0.3 is 0 Å². The summed E-state index contributed by atoms with van der Waals surface area (Å²) in [5, 5.41) is 2.90. The van der Waals surface area contributed by atoms with Crippen LogP contribution in [0.15, 0.2) is 114 Å². The van der Waals surface area contributed by atoms with E-state index in [-0.39, 0.29) is 29.0 Å². The Labute approximate surface area is 260 Å². The molecular formula is C35H39N3O5S. The van der Waals surface area contributed by atoms with Gasteiger partial charge in [-0.05, 0) is 73.9 Å². The van der Waals surface area contributed by atoms with Gasteiger partial charge in [-0.15, -0.1) is 0 Å². The van der Waals surface area contributed by atoms with Gasteiger partial charge in [0.2, 0.25) is 11.8 Å². The summed E-state index contributed by atoms with van der Waals surface area (Å²) in [6.07, 6.45) is 0. The van der Waals surface area contributed by atoms with Crippen molar-refractivity contribution < 1.29 is 22.7 Å². The number of hydrogen-bond acceptors (Lipinski definition) is 5. The zero-order chi connectivity index (χ0) is 31.7. The minimum absolute atomic E-state index is 0.0466. The first-order valence-electron chi connectivity index (χ1n) is 14.6. The first-order valence-corrected chi connectivity index (χ1v) is 16.0. The van der Waals surface area contributed by atoms with Crippen molar-refractivity contribution in [3.05, 3.63) is 120 Å². The Morgan fingerprint density at radius 1 is 0.795 bits per heavy atom. The standard InChI is InChI=1S/C35H39N3O5S/c1-26(2)23-36-35(40)28(4)37(24-29-13-11-12-27(3)22-29)34(39)25-38(44(41,42)33-16-9-6-10-17-33)30-18-20-32(21-19-30)43-31-14-7-5-8-15-31/h5-22,26,28H,23-25H2,1-4H3,(H,36,40)/t28-/m1/s1. The number of para-hydroxylation sites is 1. The summed E-state index contributed by atoms with van der Waals surface area (Å²) >= 11 is 0. The number of nitrogens with zero attached hydrogens (tertiary/aromatic N) is 2. The molecule has 9 heteroatoms. The van der Waals surface area contributed by atoms with Gasteiger partial charge in [-0.1, -0.05) is 80.1 Å². The molecule has 2 amide bonds. The molecule has 1 atom stereocenters. The Kier molecular flexibility index (Phi) is 10.8. The number of nitrogens with one attached hydrogen (secondary N) is 1. The van der Waals surface area contributed by atoms with Crippen LogP contribution in [0.5, 0.6) is 11.5 Å². The Balaban J connectivity index is 1.68. The summed E-state index contributed by atoms with van der Waals surface area (Å²) in [7, 11) is -4.16. The lowest BCUT2D eigenvalue weighted by molar-refractivity contribution is -0.139. The van der Waals surface area contributed by atoms with Gasteiger partial charge in [-0.3, -0.25) is 13.9 Å². The normalized spacial score (nSPS) is 11.9. The molecule has 0 saturated heterocycles. The van der Waals surface area contributed by atoms with Gasteiger partial charge in [0.15, 0.2) is 0 Å².